The van der Waals surface area contributed by atoms with E-state index in [9.17, 15) is 14.4 Å². The molecule has 2 amide bonds. The smallest absolute Gasteiger partial charge is 0.242 e. The van der Waals surface area contributed by atoms with Crippen molar-refractivity contribution in [3.63, 3.8) is 0 Å². The molecule has 0 fully saturated rings. The van der Waals surface area contributed by atoms with Crippen LogP contribution in [0.25, 0.3) is 0 Å². The van der Waals surface area contributed by atoms with Gasteiger partial charge >= 0.3 is 0 Å². The van der Waals surface area contributed by atoms with Crippen molar-refractivity contribution < 1.29 is 14.4 Å². The Labute approximate surface area is 156 Å². The van der Waals surface area contributed by atoms with Gasteiger partial charge in [0, 0.05) is 25.9 Å². The highest BCUT2D eigenvalue weighted by Gasteiger charge is 2.21. The van der Waals surface area contributed by atoms with Crippen LogP contribution in [-0.2, 0) is 14.4 Å². The molecule has 0 aromatic heterocycles. The second kappa shape index (κ2) is 15.2. The molecule has 8 nitrogen and oxygen atoms in total. The SMILES string of the molecule is CCCCC(CCCC[C]=O)NC(=O)[C@@H](CCCNC(=N)N)NC(C)=O. The number of hydrogen-bond donors (Lipinski definition) is 5. The zero-order chi connectivity index (χ0) is 19.8. The van der Waals surface area contributed by atoms with E-state index in [1.54, 1.807) is 0 Å². The monoisotopic (exact) mass is 368 g/mol. The van der Waals surface area contributed by atoms with Gasteiger partial charge in [0.1, 0.15) is 6.04 Å². The number of carbonyl (C=O) groups is 2. The van der Waals surface area contributed by atoms with Gasteiger partial charge in [-0.1, -0.05) is 26.2 Å². The first-order chi connectivity index (χ1) is 12.4. The molecule has 0 bridgehead atoms. The minimum absolute atomic E-state index is 0.0423. The molecule has 149 valence electrons. The van der Waals surface area contributed by atoms with E-state index in [2.05, 4.69) is 22.9 Å². The summed E-state index contributed by atoms with van der Waals surface area (Å²) in [6.07, 6.45) is 8.75. The normalized spacial score (nSPS) is 12.7. The Kier molecular flexibility index (Phi) is 13.9. The van der Waals surface area contributed by atoms with Crippen LogP contribution in [0, 0.1) is 5.41 Å². The van der Waals surface area contributed by atoms with Gasteiger partial charge in [0.25, 0.3) is 0 Å². The molecule has 1 unspecified atom stereocenters. The average molecular weight is 369 g/mol. The van der Waals surface area contributed by atoms with Crippen LogP contribution < -0.4 is 21.7 Å². The van der Waals surface area contributed by atoms with Crippen LogP contribution in [0.2, 0.25) is 0 Å². The standard InChI is InChI=1S/C18H34N5O3/c1-3-4-9-15(10-6-5-7-13-24)23-17(26)16(22-14(2)25)11-8-12-21-18(19)20/h15-16H,3-12H2,1-2H3,(H,22,25)(H,23,26)(H4,19,20,21)/t15?,16-/m1/s1. The quantitative estimate of drug-likeness (QED) is 0.167. The summed E-state index contributed by atoms with van der Waals surface area (Å²) in [5.74, 6) is -0.555. The lowest BCUT2D eigenvalue weighted by atomic mass is 10.0. The number of guanidine groups is 1. The van der Waals surface area contributed by atoms with Gasteiger partial charge in [-0.2, -0.15) is 0 Å². The highest BCUT2D eigenvalue weighted by molar-refractivity contribution is 5.87. The maximum atomic E-state index is 12.6. The van der Waals surface area contributed by atoms with Crippen molar-refractivity contribution in [1.29, 1.82) is 5.41 Å². The number of nitrogens with one attached hydrogen (secondary N) is 4. The summed E-state index contributed by atoms with van der Waals surface area (Å²) >= 11 is 0. The van der Waals surface area contributed by atoms with E-state index < -0.39 is 6.04 Å². The molecule has 0 saturated carbocycles. The fourth-order valence-electron chi connectivity index (χ4n) is 2.67. The summed E-state index contributed by atoms with van der Waals surface area (Å²) in [6.45, 7) is 3.96. The minimum Gasteiger partial charge on any atom is -0.370 e. The molecule has 0 aromatic carbocycles. The van der Waals surface area contributed by atoms with Crippen molar-refractivity contribution in [2.45, 2.75) is 83.7 Å². The first-order valence-electron chi connectivity index (χ1n) is 9.41. The number of nitrogens with two attached hydrogens (primary N) is 1. The fraction of sp³-hybridized carbons (Fsp3) is 0.778. The maximum Gasteiger partial charge on any atom is 0.242 e. The van der Waals surface area contributed by atoms with E-state index in [1.807, 2.05) is 6.29 Å². The Morgan fingerprint density at radius 2 is 1.77 bits per heavy atom. The number of rotatable bonds is 15. The number of amides is 2. The lowest BCUT2D eigenvalue weighted by Gasteiger charge is -2.23. The third-order valence-corrected chi connectivity index (χ3v) is 4.01. The summed E-state index contributed by atoms with van der Waals surface area (Å²) in [4.78, 5) is 34.3. The lowest BCUT2D eigenvalue weighted by Crippen LogP contribution is -2.49. The predicted molar refractivity (Wildman–Crippen MR) is 102 cm³/mol. The second-order valence-electron chi connectivity index (χ2n) is 6.47. The van der Waals surface area contributed by atoms with E-state index in [4.69, 9.17) is 11.1 Å². The molecule has 0 aliphatic heterocycles. The van der Waals surface area contributed by atoms with E-state index in [0.29, 0.717) is 25.8 Å². The Balaban J connectivity index is 4.60. The van der Waals surface area contributed by atoms with E-state index in [1.165, 1.54) is 6.92 Å². The van der Waals surface area contributed by atoms with Crippen LogP contribution in [0.3, 0.4) is 0 Å². The molecule has 2 atom stereocenters. The summed E-state index contributed by atoms with van der Waals surface area (Å²) in [7, 11) is 0. The highest BCUT2D eigenvalue weighted by Crippen LogP contribution is 2.11. The van der Waals surface area contributed by atoms with Gasteiger partial charge in [-0.05, 0) is 32.1 Å². The molecule has 0 saturated heterocycles. The summed E-state index contributed by atoms with van der Waals surface area (Å²) in [5.41, 5.74) is 5.23. The molecular weight excluding hydrogens is 334 g/mol. The molecule has 0 rings (SSSR count). The van der Waals surface area contributed by atoms with E-state index in [-0.39, 0.29) is 23.8 Å². The van der Waals surface area contributed by atoms with Crippen LogP contribution in [0.15, 0.2) is 0 Å². The van der Waals surface area contributed by atoms with Crippen LogP contribution in [-0.4, -0.2) is 42.7 Å². The third kappa shape index (κ3) is 13.2. The minimum atomic E-state index is -0.603. The first-order valence-corrected chi connectivity index (χ1v) is 9.41. The summed E-state index contributed by atoms with van der Waals surface area (Å²) in [6, 6.07) is -0.561. The number of hydrogen-bond acceptors (Lipinski definition) is 4. The molecular formula is C18H34N5O3. The summed E-state index contributed by atoms with van der Waals surface area (Å²) in [5, 5.41) is 15.5. The third-order valence-electron chi connectivity index (χ3n) is 4.01. The zero-order valence-electron chi connectivity index (χ0n) is 16.0. The second-order valence-corrected chi connectivity index (χ2v) is 6.47. The van der Waals surface area contributed by atoms with Crippen molar-refractivity contribution in [3.8, 4) is 0 Å². The topological polar surface area (TPSA) is 137 Å². The maximum absolute atomic E-state index is 12.6. The van der Waals surface area contributed by atoms with Gasteiger partial charge in [-0.3, -0.25) is 19.8 Å². The highest BCUT2D eigenvalue weighted by atomic mass is 16.2. The van der Waals surface area contributed by atoms with Crippen LogP contribution in [0.1, 0.15) is 71.6 Å². The fourth-order valence-corrected chi connectivity index (χ4v) is 2.67. The molecule has 6 N–H and O–H groups in total. The molecule has 0 heterocycles. The summed E-state index contributed by atoms with van der Waals surface area (Å²) < 4.78 is 0. The van der Waals surface area contributed by atoms with Crippen molar-refractivity contribution in [3.05, 3.63) is 0 Å². The van der Waals surface area contributed by atoms with Gasteiger partial charge in [0.2, 0.25) is 11.8 Å². The molecule has 26 heavy (non-hydrogen) atoms. The Bertz CT molecular complexity index is 443. The Morgan fingerprint density at radius 3 is 2.35 bits per heavy atom. The van der Waals surface area contributed by atoms with Crippen molar-refractivity contribution in [2.24, 2.45) is 5.73 Å². The van der Waals surface area contributed by atoms with Gasteiger partial charge in [-0.25, -0.2) is 0 Å². The largest absolute Gasteiger partial charge is 0.370 e. The predicted octanol–water partition coefficient (Wildman–Crippen LogP) is 1.10. The van der Waals surface area contributed by atoms with Crippen molar-refractivity contribution >= 4 is 24.1 Å². The van der Waals surface area contributed by atoms with Gasteiger partial charge in [0.15, 0.2) is 12.2 Å². The Morgan fingerprint density at radius 1 is 1.08 bits per heavy atom. The molecule has 0 spiro atoms. The molecule has 0 aromatic rings. The van der Waals surface area contributed by atoms with E-state index in [0.717, 1.165) is 38.5 Å². The van der Waals surface area contributed by atoms with Crippen LogP contribution >= 0.6 is 0 Å². The van der Waals surface area contributed by atoms with Crippen molar-refractivity contribution in [2.75, 3.05) is 6.54 Å². The zero-order valence-corrected chi connectivity index (χ0v) is 16.0. The van der Waals surface area contributed by atoms with Crippen LogP contribution in [0.5, 0.6) is 0 Å². The Hall–Kier alpha value is -2.12. The number of unbranched alkanes of at least 4 members (excludes halogenated alkanes) is 3. The van der Waals surface area contributed by atoms with Gasteiger partial charge in [-0.15, -0.1) is 0 Å². The number of carbonyl (C=O) groups excluding carboxylic acids is 3. The first kappa shape index (κ1) is 23.9. The molecule has 1 radical (unpaired) electrons. The van der Waals surface area contributed by atoms with E-state index >= 15 is 0 Å². The van der Waals surface area contributed by atoms with Gasteiger partial charge in [0.05, 0.1) is 0 Å². The average Bonchev–Trinajstić information content (AvgIpc) is 2.58. The molecule has 0 aliphatic carbocycles. The van der Waals surface area contributed by atoms with Gasteiger partial charge < -0.3 is 21.7 Å². The molecule has 0 aliphatic rings. The van der Waals surface area contributed by atoms with Crippen molar-refractivity contribution in [1.82, 2.24) is 16.0 Å². The molecule has 8 heteroatoms. The lowest BCUT2D eigenvalue weighted by molar-refractivity contribution is -0.128. The van der Waals surface area contributed by atoms with Crippen LogP contribution in [0.4, 0.5) is 0 Å².